The quantitative estimate of drug-likeness (QED) is 0.660. The zero-order valence-corrected chi connectivity index (χ0v) is 14.4. The van der Waals surface area contributed by atoms with Gasteiger partial charge in [0.1, 0.15) is 6.42 Å². The standard InChI is InChI=1S/C18H13Cl2N3O2/c19-12-6-7-14(13(20)9-12)22-16(24)10-17(25)23-15-5-1-3-11-4-2-8-21-18(11)15/h1-9H,10H2,(H,22,24)(H,23,25). The molecule has 1 heterocycles. The molecule has 5 nitrogen and oxygen atoms in total. The van der Waals surface area contributed by atoms with Crippen molar-refractivity contribution >= 4 is 57.3 Å². The minimum Gasteiger partial charge on any atom is -0.324 e. The third kappa shape index (κ3) is 4.26. The van der Waals surface area contributed by atoms with Gasteiger partial charge in [0, 0.05) is 16.6 Å². The number of carbonyl (C=O) groups is 2. The van der Waals surface area contributed by atoms with Gasteiger partial charge < -0.3 is 10.6 Å². The van der Waals surface area contributed by atoms with Gasteiger partial charge in [-0.15, -0.1) is 0 Å². The fourth-order valence-corrected chi connectivity index (χ4v) is 2.79. The second kappa shape index (κ2) is 7.51. The van der Waals surface area contributed by atoms with Crippen molar-refractivity contribution < 1.29 is 9.59 Å². The van der Waals surface area contributed by atoms with Gasteiger partial charge in [0.2, 0.25) is 11.8 Å². The number of pyridine rings is 1. The first-order chi connectivity index (χ1) is 12.0. The van der Waals surface area contributed by atoms with E-state index in [-0.39, 0.29) is 6.42 Å². The zero-order chi connectivity index (χ0) is 17.8. The van der Waals surface area contributed by atoms with Crippen LogP contribution in [0.5, 0.6) is 0 Å². The van der Waals surface area contributed by atoms with Gasteiger partial charge in [0.25, 0.3) is 0 Å². The molecule has 25 heavy (non-hydrogen) atoms. The van der Waals surface area contributed by atoms with E-state index >= 15 is 0 Å². The summed E-state index contributed by atoms with van der Waals surface area (Å²) in [5.41, 5.74) is 1.62. The van der Waals surface area contributed by atoms with Crippen LogP contribution in [0.25, 0.3) is 10.9 Å². The van der Waals surface area contributed by atoms with Crippen LogP contribution in [0.2, 0.25) is 10.0 Å². The van der Waals surface area contributed by atoms with E-state index < -0.39 is 11.8 Å². The fourth-order valence-electron chi connectivity index (χ4n) is 2.33. The Morgan fingerprint density at radius 1 is 0.920 bits per heavy atom. The van der Waals surface area contributed by atoms with Crippen molar-refractivity contribution in [2.24, 2.45) is 0 Å². The Balaban J connectivity index is 1.66. The van der Waals surface area contributed by atoms with Gasteiger partial charge in [-0.05, 0) is 30.3 Å². The number of aromatic nitrogens is 1. The number of anilines is 2. The summed E-state index contributed by atoms with van der Waals surface area (Å²) in [5, 5.41) is 6.96. The second-order valence-electron chi connectivity index (χ2n) is 5.28. The summed E-state index contributed by atoms with van der Waals surface area (Å²) in [5.74, 6) is -0.921. The predicted octanol–water partition coefficient (Wildman–Crippen LogP) is 4.51. The highest BCUT2D eigenvalue weighted by atomic mass is 35.5. The van der Waals surface area contributed by atoms with Crippen molar-refractivity contribution in [3.63, 3.8) is 0 Å². The SMILES string of the molecule is O=C(CC(=O)Nc1cccc2cccnc12)Nc1ccc(Cl)cc1Cl. The lowest BCUT2D eigenvalue weighted by Crippen LogP contribution is -2.21. The lowest BCUT2D eigenvalue weighted by atomic mass is 10.2. The summed E-state index contributed by atoms with van der Waals surface area (Å²) in [6, 6.07) is 13.9. The van der Waals surface area contributed by atoms with Gasteiger partial charge in [-0.1, -0.05) is 41.4 Å². The first kappa shape index (κ1) is 17.2. The molecule has 0 bridgehead atoms. The van der Waals surface area contributed by atoms with Crippen LogP contribution in [-0.2, 0) is 9.59 Å². The number of benzene rings is 2. The number of rotatable bonds is 4. The Morgan fingerprint density at radius 2 is 1.64 bits per heavy atom. The molecule has 0 aliphatic carbocycles. The molecule has 2 N–H and O–H groups in total. The molecule has 0 fully saturated rings. The van der Waals surface area contributed by atoms with Crippen LogP contribution in [0, 0.1) is 0 Å². The Bertz CT molecular complexity index is 955. The normalized spacial score (nSPS) is 10.5. The molecular formula is C18H13Cl2N3O2. The van der Waals surface area contributed by atoms with Crippen molar-refractivity contribution in [3.05, 3.63) is 64.8 Å². The van der Waals surface area contributed by atoms with E-state index in [1.807, 2.05) is 24.3 Å². The Kier molecular flexibility index (Phi) is 5.16. The van der Waals surface area contributed by atoms with Crippen LogP contribution >= 0.6 is 23.2 Å². The molecule has 1 aromatic heterocycles. The van der Waals surface area contributed by atoms with Gasteiger partial charge in [-0.25, -0.2) is 0 Å². The summed E-state index contributed by atoms with van der Waals surface area (Å²) >= 11 is 11.8. The van der Waals surface area contributed by atoms with Crippen LogP contribution < -0.4 is 10.6 Å². The molecule has 0 aliphatic rings. The number of fused-ring (bicyclic) bond motifs is 1. The van der Waals surface area contributed by atoms with E-state index in [1.54, 1.807) is 24.4 Å². The number of nitrogens with one attached hydrogen (secondary N) is 2. The van der Waals surface area contributed by atoms with Gasteiger partial charge in [-0.3, -0.25) is 14.6 Å². The van der Waals surface area contributed by atoms with Gasteiger partial charge in [0.15, 0.2) is 0 Å². The van der Waals surface area contributed by atoms with Crippen LogP contribution in [0.3, 0.4) is 0 Å². The van der Waals surface area contributed by atoms with Crippen molar-refractivity contribution in [2.75, 3.05) is 10.6 Å². The average Bonchev–Trinajstić information content (AvgIpc) is 2.57. The van der Waals surface area contributed by atoms with Crippen molar-refractivity contribution in [3.8, 4) is 0 Å². The molecule has 0 aliphatic heterocycles. The topological polar surface area (TPSA) is 71.1 Å². The molecule has 0 spiro atoms. The molecule has 3 aromatic rings. The molecule has 0 saturated carbocycles. The van der Waals surface area contributed by atoms with E-state index in [0.717, 1.165) is 5.39 Å². The maximum atomic E-state index is 12.1. The Labute approximate surface area is 154 Å². The molecule has 2 aromatic carbocycles. The number of para-hydroxylation sites is 1. The number of amides is 2. The molecule has 0 unspecified atom stereocenters. The van der Waals surface area contributed by atoms with E-state index in [2.05, 4.69) is 15.6 Å². The first-order valence-corrected chi connectivity index (χ1v) is 8.17. The summed E-state index contributed by atoms with van der Waals surface area (Å²) in [6.45, 7) is 0. The molecule has 7 heteroatoms. The van der Waals surface area contributed by atoms with Crippen LogP contribution in [0.4, 0.5) is 11.4 Å². The minimum atomic E-state index is -0.477. The monoisotopic (exact) mass is 373 g/mol. The van der Waals surface area contributed by atoms with Crippen LogP contribution in [0.1, 0.15) is 6.42 Å². The number of halogens is 2. The minimum absolute atomic E-state index is 0.305. The van der Waals surface area contributed by atoms with E-state index in [4.69, 9.17) is 23.2 Å². The lowest BCUT2D eigenvalue weighted by Gasteiger charge is -2.09. The van der Waals surface area contributed by atoms with Crippen LogP contribution in [-0.4, -0.2) is 16.8 Å². The molecule has 0 atom stereocenters. The van der Waals surface area contributed by atoms with E-state index in [9.17, 15) is 9.59 Å². The lowest BCUT2D eigenvalue weighted by molar-refractivity contribution is -0.123. The predicted molar refractivity (Wildman–Crippen MR) is 100 cm³/mol. The maximum absolute atomic E-state index is 12.1. The second-order valence-corrected chi connectivity index (χ2v) is 6.12. The van der Waals surface area contributed by atoms with Gasteiger partial charge in [0.05, 0.1) is 21.9 Å². The summed E-state index contributed by atoms with van der Waals surface area (Å²) < 4.78 is 0. The molecular weight excluding hydrogens is 361 g/mol. The maximum Gasteiger partial charge on any atom is 0.233 e. The van der Waals surface area contributed by atoms with Crippen molar-refractivity contribution in [2.45, 2.75) is 6.42 Å². The highest BCUT2D eigenvalue weighted by Crippen LogP contribution is 2.25. The summed E-state index contributed by atoms with van der Waals surface area (Å²) in [4.78, 5) is 28.4. The number of hydrogen-bond donors (Lipinski definition) is 2. The molecule has 0 saturated heterocycles. The van der Waals surface area contributed by atoms with E-state index in [1.165, 1.54) is 6.07 Å². The number of carbonyl (C=O) groups excluding carboxylic acids is 2. The molecule has 3 rings (SSSR count). The van der Waals surface area contributed by atoms with Crippen LogP contribution in [0.15, 0.2) is 54.7 Å². The largest absolute Gasteiger partial charge is 0.324 e. The number of hydrogen-bond acceptors (Lipinski definition) is 3. The van der Waals surface area contributed by atoms with Crippen molar-refractivity contribution in [1.29, 1.82) is 0 Å². The third-order valence-electron chi connectivity index (χ3n) is 3.43. The molecule has 0 radical (unpaired) electrons. The molecule has 2 amide bonds. The Hall–Kier alpha value is -2.63. The van der Waals surface area contributed by atoms with Gasteiger partial charge >= 0.3 is 0 Å². The highest BCUT2D eigenvalue weighted by molar-refractivity contribution is 6.36. The summed E-state index contributed by atoms with van der Waals surface area (Å²) in [6.07, 6.45) is 1.30. The van der Waals surface area contributed by atoms with E-state index in [0.29, 0.717) is 26.9 Å². The third-order valence-corrected chi connectivity index (χ3v) is 3.98. The zero-order valence-electron chi connectivity index (χ0n) is 12.9. The molecule has 126 valence electrons. The van der Waals surface area contributed by atoms with Gasteiger partial charge in [-0.2, -0.15) is 0 Å². The Morgan fingerprint density at radius 3 is 2.40 bits per heavy atom. The smallest absolute Gasteiger partial charge is 0.233 e. The number of nitrogens with zero attached hydrogens (tertiary/aromatic N) is 1. The fraction of sp³-hybridized carbons (Fsp3) is 0.0556. The van der Waals surface area contributed by atoms with Crippen molar-refractivity contribution in [1.82, 2.24) is 4.98 Å². The highest BCUT2D eigenvalue weighted by Gasteiger charge is 2.13. The first-order valence-electron chi connectivity index (χ1n) is 7.41. The average molecular weight is 374 g/mol. The summed E-state index contributed by atoms with van der Waals surface area (Å²) in [7, 11) is 0.